The van der Waals surface area contributed by atoms with E-state index in [2.05, 4.69) is 31.9 Å². The molecule has 5 nitrogen and oxygen atoms in total. The molecule has 25 heavy (non-hydrogen) atoms. The number of carbonyl (C=O) groups excluding carboxylic acids is 2. The van der Waals surface area contributed by atoms with E-state index < -0.39 is 0 Å². The van der Waals surface area contributed by atoms with Crippen LogP contribution in [0.5, 0.6) is 0 Å². The second-order valence-electron chi connectivity index (χ2n) is 5.25. The average molecular weight is 420 g/mol. The normalized spacial score (nSPS) is 10.0. The molecule has 0 aliphatic rings. The molecule has 0 radical (unpaired) electrons. The van der Waals surface area contributed by atoms with Crippen LogP contribution in [0.2, 0.25) is 0 Å². The van der Waals surface area contributed by atoms with Crippen LogP contribution < -0.4 is 16.0 Å². The summed E-state index contributed by atoms with van der Waals surface area (Å²) < 4.78 is 0.896. The molecule has 2 amide bonds. The number of hydrogen-bond donors (Lipinski definition) is 3. The third-order valence-corrected chi connectivity index (χ3v) is 4.01. The molecule has 0 heterocycles. The summed E-state index contributed by atoms with van der Waals surface area (Å²) in [6.45, 7) is 2.64. The van der Waals surface area contributed by atoms with Crippen molar-refractivity contribution in [1.29, 1.82) is 0 Å². The van der Waals surface area contributed by atoms with Gasteiger partial charge in [-0.1, -0.05) is 22.9 Å². The van der Waals surface area contributed by atoms with Crippen molar-refractivity contribution in [3.05, 3.63) is 64.1 Å². The smallest absolute Gasteiger partial charge is 0.257 e. The topological polar surface area (TPSA) is 70.2 Å². The van der Waals surface area contributed by atoms with Crippen molar-refractivity contribution in [3.63, 3.8) is 0 Å². The van der Waals surface area contributed by atoms with E-state index >= 15 is 0 Å². The van der Waals surface area contributed by atoms with Crippen molar-refractivity contribution in [1.82, 2.24) is 10.6 Å². The van der Waals surface area contributed by atoms with Gasteiger partial charge in [-0.25, -0.2) is 0 Å². The highest BCUT2D eigenvalue weighted by Gasteiger charge is 2.08. The minimum absolute atomic E-state index is 0.112. The number of carbonyl (C=O) groups is 2. The number of amides is 2. The lowest BCUT2D eigenvalue weighted by molar-refractivity contribution is 0.0951. The second-order valence-corrected chi connectivity index (χ2v) is 6.57. The van der Waals surface area contributed by atoms with Gasteiger partial charge in [-0.2, -0.15) is 0 Å². The lowest BCUT2D eigenvalue weighted by atomic mass is 10.2. The van der Waals surface area contributed by atoms with Crippen LogP contribution in [0.4, 0.5) is 5.69 Å². The van der Waals surface area contributed by atoms with E-state index in [4.69, 9.17) is 12.2 Å². The van der Waals surface area contributed by atoms with Gasteiger partial charge in [0.1, 0.15) is 0 Å². The molecule has 0 aliphatic carbocycles. The molecule has 0 saturated heterocycles. The van der Waals surface area contributed by atoms with Gasteiger partial charge in [0, 0.05) is 27.8 Å². The second kappa shape index (κ2) is 9.29. The number of rotatable bonds is 5. The molecule has 7 heteroatoms. The van der Waals surface area contributed by atoms with Crippen molar-refractivity contribution in [2.24, 2.45) is 0 Å². The van der Waals surface area contributed by atoms with E-state index in [1.54, 1.807) is 48.5 Å². The van der Waals surface area contributed by atoms with Gasteiger partial charge in [0.15, 0.2) is 5.11 Å². The Kier molecular flexibility index (Phi) is 7.09. The summed E-state index contributed by atoms with van der Waals surface area (Å²) in [6, 6.07) is 13.8. The first kappa shape index (κ1) is 19.1. The van der Waals surface area contributed by atoms with Gasteiger partial charge < -0.3 is 10.6 Å². The van der Waals surface area contributed by atoms with Crippen LogP contribution in [-0.4, -0.2) is 23.5 Å². The number of nitrogens with one attached hydrogen (secondary N) is 3. The van der Waals surface area contributed by atoms with Gasteiger partial charge in [0.05, 0.1) is 0 Å². The minimum atomic E-state index is -0.291. The fraction of sp³-hybridized carbons (Fsp3) is 0.167. The molecule has 2 aromatic carbocycles. The van der Waals surface area contributed by atoms with Crippen LogP contribution in [0.3, 0.4) is 0 Å². The Balaban J connectivity index is 1.90. The van der Waals surface area contributed by atoms with Gasteiger partial charge in [-0.15, -0.1) is 0 Å². The van der Waals surface area contributed by atoms with Crippen molar-refractivity contribution in [2.75, 3.05) is 11.9 Å². The molecule has 0 bridgehead atoms. The predicted molar refractivity (Wildman–Crippen MR) is 107 cm³/mol. The quantitative estimate of drug-likeness (QED) is 0.645. The lowest BCUT2D eigenvalue weighted by Gasteiger charge is -2.10. The van der Waals surface area contributed by atoms with Crippen molar-refractivity contribution >= 4 is 50.8 Å². The Bertz CT molecular complexity index is 761. The fourth-order valence-corrected chi connectivity index (χ4v) is 2.46. The molecule has 0 aliphatic heterocycles. The molecule has 0 fully saturated rings. The lowest BCUT2D eigenvalue weighted by Crippen LogP contribution is -2.34. The Morgan fingerprint density at radius 1 is 0.960 bits per heavy atom. The van der Waals surface area contributed by atoms with Crippen molar-refractivity contribution in [3.8, 4) is 0 Å². The van der Waals surface area contributed by atoms with E-state index in [1.165, 1.54) is 0 Å². The summed E-state index contributed by atoms with van der Waals surface area (Å²) in [4.78, 5) is 23.9. The van der Waals surface area contributed by atoms with Crippen LogP contribution in [0.1, 0.15) is 34.1 Å². The summed E-state index contributed by atoms with van der Waals surface area (Å²) >= 11 is 8.47. The number of hydrogen-bond acceptors (Lipinski definition) is 3. The van der Waals surface area contributed by atoms with Gasteiger partial charge in [-0.3, -0.25) is 14.9 Å². The molecule has 3 N–H and O–H groups in total. The third-order valence-electron chi connectivity index (χ3n) is 3.27. The van der Waals surface area contributed by atoms with Crippen LogP contribution in [0.25, 0.3) is 0 Å². The molecule has 0 saturated carbocycles. The highest BCUT2D eigenvalue weighted by molar-refractivity contribution is 9.10. The molecule has 0 spiro atoms. The standard InChI is InChI=1S/C18H18BrN3O2S/c1-2-11-20-16(23)12-5-9-15(10-6-12)21-18(25)22-17(24)13-3-7-14(19)8-4-13/h3-10H,2,11H2,1H3,(H,20,23)(H2,21,22,24,25). The Morgan fingerprint density at radius 3 is 2.12 bits per heavy atom. The molecule has 2 rings (SSSR count). The van der Waals surface area contributed by atoms with E-state index in [9.17, 15) is 9.59 Å². The molecule has 2 aromatic rings. The van der Waals surface area contributed by atoms with Gasteiger partial charge in [-0.05, 0) is 67.2 Å². The summed E-state index contributed by atoms with van der Waals surface area (Å²) in [5.41, 5.74) is 1.77. The molecule has 130 valence electrons. The average Bonchev–Trinajstić information content (AvgIpc) is 2.60. The number of benzene rings is 2. The summed E-state index contributed by atoms with van der Waals surface area (Å²) in [5.74, 6) is -0.403. The van der Waals surface area contributed by atoms with Crippen molar-refractivity contribution < 1.29 is 9.59 Å². The summed E-state index contributed by atoms with van der Waals surface area (Å²) in [7, 11) is 0. The third kappa shape index (κ3) is 5.95. The number of thiocarbonyl (C=S) groups is 1. The van der Waals surface area contributed by atoms with Crippen LogP contribution in [-0.2, 0) is 0 Å². The first-order chi connectivity index (χ1) is 12.0. The monoisotopic (exact) mass is 419 g/mol. The molecule has 0 aromatic heterocycles. The van der Waals surface area contributed by atoms with Crippen LogP contribution in [0, 0.1) is 0 Å². The Labute approximate surface area is 160 Å². The molecular formula is C18H18BrN3O2S. The van der Waals surface area contributed by atoms with Crippen LogP contribution >= 0.6 is 28.1 Å². The highest BCUT2D eigenvalue weighted by atomic mass is 79.9. The van der Waals surface area contributed by atoms with E-state index in [0.29, 0.717) is 23.4 Å². The Morgan fingerprint density at radius 2 is 1.52 bits per heavy atom. The predicted octanol–water partition coefficient (Wildman–Crippen LogP) is 3.72. The fourth-order valence-electron chi connectivity index (χ4n) is 1.98. The molecule has 0 unspecified atom stereocenters. The Hall–Kier alpha value is -2.25. The maximum absolute atomic E-state index is 12.1. The van der Waals surface area contributed by atoms with Gasteiger partial charge in [0.25, 0.3) is 11.8 Å². The van der Waals surface area contributed by atoms with Gasteiger partial charge >= 0.3 is 0 Å². The van der Waals surface area contributed by atoms with E-state index in [-0.39, 0.29) is 16.9 Å². The van der Waals surface area contributed by atoms with Crippen LogP contribution in [0.15, 0.2) is 53.0 Å². The van der Waals surface area contributed by atoms with E-state index in [0.717, 1.165) is 10.9 Å². The zero-order valence-electron chi connectivity index (χ0n) is 13.6. The first-order valence-corrected chi connectivity index (χ1v) is 8.96. The zero-order valence-corrected chi connectivity index (χ0v) is 16.0. The maximum atomic E-state index is 12.1. The van der Waals surface area contributed by atoms with Crippen molar-refractivity contribution in [2.45, 2.75) is 13.3 Å². The molecular weight excluding hydrogens is 402 g/mol. The first-order valence-electron chi connectivity index (χ1n) is 7.75. The number of anilines is 1. The summed E-state index contributed by atoms with van der Waals surface area (Å²) in [5, 5.41) is 8.54. The van der Waals surface area contributed by atoms with Gasteiger partial charge in [0.2, 0.25) is 0 Å². The maximum Gasteiger partial charge on any atom is 0.257 e. The number of halogens is 1. The summed E-state index contributed by atoms with van der Waals surface area (Å²) in [6.07, 6.45) is 0.887. The van der Waals surface area contributed by atoms with E-state index in [1.807, 2.05) is 6.92 Å². The SMILES string of the molecule is CCCNC(=O)c1ccc(NC(=S)NC(=O)c2ccc(Br)cc2)cc1. The largest absolute Gasteiger partial charge is 0.352 e. The highest BCUT2D eigenvalue weighted by Crippen LogP contribution is 2.11. The zero-order chi connectivity index (χ0) is 18.2. The minimum Gasteiger partial charge on any atom is -0.352 e. The molecule has 0 atom stereocenters.